The Balaban J connectivity index is 1.86. The van der Waals surface area contributed by atoms with E-state index in [1.807, 2.05) is 78.9 Å². The van der Waals surface area contributed by atoms with Crippen molar-refractivity contribution < 1.29 is 9.59 Å². The molecule has 0 aliphatic rings. The summed E-state index contributed by atoms with van der Waals surface area (Å²) in [4.78, 5) is 24.8. The average Bonchev–Trinajstić information content (AvgIpc) is 2.77. The maximum absolute atomic E-state index is 12.9. The van der Waals surface area contributed by atoms with Gasteiger partial charge >= 0.3 is 0 Å². The van der Waals surface area contributed by atoms with Gasteiger partial charge in [-0.15, -0.1) is 23.5 Å². The van der Waals surface area contributed by atoms with Crippen LogP contribution in [-0.2, 0) is 16.3 Å². The molecule has 0 bridgehead atoms. The maximum atomic E-state index is 12.9. The van der Waals surface area contributed by atoms with Gasteiger partial charge in [0.1, 0.15) is 0 Å². The monoisotopic (exact) mass is 404 g/mol. The van der Waals surface area contributed by atoms with Crippen molar-refractivity contribution in [1.82, 2.24) is 0 Å². The second kappa shape index (κ2) is 10.7. The largest absolute Gasteiger partial charge is 0.298 e. The number of Topliss-reactive ketones (excluding diaryl/α,β-unsaturated/α-hetero) is 1. The molecule has 0 unspecified atom stereocenters. The number of benzene rings is 3. The summed E-state index contributed by atoms with van der Waals surface area (Å²) in [5, 5.41) is 0. The smallest absolute Gasteiger partial charge is 0.197 e. The Morgan fingerprint density at radius 3 is 1.54 bits per heavy atom. The van der Waals surface area contributed by atoms with Crippen molar-refractivity contribution in [1.29, 1.82) is 0 Å². The quantitative estimate of drug-likeness (QED) is 0.141. The first kappa shape index (κ1) is 20.2. The third kappa shape index (κ3) is 5.72. The molecule has 0 amide bonds. The molecule has 4 heteroatoms. The van der Waals surface area contributed by atoms with E-state index in [9.17, 15) is 9.59 Å². The molecule has 0 N–H and O–H groups in total. The van der Waals surface area contributed by atoms with E-state index in [-0.39, 0.29) is 11.4 Å². The van der Waals surface area contributed by atoms with Crippen LogP contribution in [0.4, 0.5) is 0 Å². The van der Waals surface area contributed by atoms with Crippen LogP contribution >= 0.6 is 23.5 Å². The fraction of sp³-hybridized carbons (Fsp3) is 0.0833. The summed E-state index contributed by atoms with van der Waals surface area (Å²) in [6.07, 6.45) is 0.695. The summed E-state index contributed by atoms with van der Waals surface area (Å²) in [5.41, 5.74) is 3.07. The lowest BCUT2D eigenvalue weighted by atomic mass is 10.1. The number of aldehydes is 1. The molecule has 0 aromatic heterocycles. The third-order valence-corrected chi connectivity index (χ3v) is 6.67. The number of carbonyl (C=O) groups is 2. The van der Waals surface area contributed by atoms with E-state index in [0.717, 1.165) is 15.4 Å². The second-order valence-corrected chi connectivity index (χ2v) is 8.29. The van der Waals surface area contributed by atoms with Crippen molar-refractivity contribution in [3.8, 4) is 0 Å². The Hall–Kier alpha value is -2.56. The van der Waals surface area contributed by atoms with Crippen molar-refractivity contribution in [2.75, 3.05) is 0 Å². The molecule has 0 aliphatic carbocycles. The number of thioether (sulfide) groups is 2. The van der Waals surface area contributed by atoms with E-state index >= 15 is 0 Å². The van der Waals surface area contributed by atoms with Crippen LogP contribution in [0.25, 0.3) is 0 Å². The summed E-state index contributed by atoms with van der Waals surface area (Å²) in [7, 11) is 0. The Morgan fingerprint density at radius 1 is 0.679 bits per heavy atom. The van der Waals surface area contributed by atoms with Crippen LogP contribution in [0.3, 0.4) is 0 Å². The molecule has 3 rings (SSSR count). The van der Waals surface area contributed by atoms with Gasteiger partial charge in [-0.2, -0.15) is 0 Å². The minimum atomic E-state index is -0.230. The number of ketones is 1. The normalized spacial score (nSPS) is 10.3. The molecule has 0 fully saturated rings. The van der Waals surface area contributed by atoms with Gasteiger partial charge in [-0.05, 0) is 11.1 Å². The number of allylic oxidation sites excluding steroid dienone is 1. The number of carbonyl (C=O) groups excluding carboxylic acids is 2. The molecule has 3 aromatic rings. The zero-order valence-electron chi connectivity index (χ0n) is 15.3. The van der Waals surface area contributed by atoms with E-state index in [0.29, 0.717) is 23.4 Å². The van der Waals surface area contributed by atoms with Crippen molar-refractivity contribution in [2.45, 2.75) is 11.5 Å². The van der Waals surface area contributed by atoms with Gasteiger partial charge in [-0.3, -0.25) is 9.59 Å². The molecule has 0 aliphatic heterocycles. The van der Waals surface area contributed by atoms with E-state index in [1.165, 1.54) is 0 Å². The van der Waals surface area contributed by atoms with Crippen LogP contribution in [0.2, 0.25) is 0 Å². The lowest BCUT2D eigenvalue weighted by Gasteiger charge is -2.11. The number of hydrogen-bond acceptors (Lipinski definition) is 4. The number of hydrogen-bond donors (Lipinski definition) is 0. The van der Waals surface area contributed by atoms with E-state index in [2.05, 4.69) is 0 Å². The standard InChI is InChI=1S/C24H20O2S2/c25-16-22(23(26)21-14-8-3-9-15-21)24(27-17-19-10-4-1-5-11-19)28-18-20-12-6-2-7-13-20/h1-16H,17-18H2. The molecular weight excluding hydrogens is 384 g/mol. The summed E-state index contributed by atoms with van der Waals surface area (Å²) in [6, 6.07) is 29.1. The van der Waals surface area contributed by atoms with Gasteiger partial charge in [-0.1, -0.05) is 91.0 Å². The van der Waals surface area contributed by atoms with Crippen LogP contribution in [0.1, 0.15) is 21.5 Å². The molecule has 3 aromatic carbocycles. The summed E-state index contributed by atoms with van der Waals surface area (Å²) in [6.45, 7) is 0. The predicted molar refractivity (Wildman–Crippen MR) is 119 cm³/mol. The summed E-state index contributed by atoms with van der Waals surface area (Å²) >= 11 is 3.08. The first-order valence-corrected chi connectivity index (χ1v) is 10.9. The topological polar surface area (TPSA) is 34.1 Å². The predicted octanol–water partition coefficient (Wildman–Crippen LogP) is 6.15. The lowest BCUT2D eigenvalue weighted by molar-refractivity contribution is -0.104. The molecule has 0 radical (unpaired) electrons. The lowest BCUT2D eigenvalue weighted by Crippen LogP contribution is -2.06. The van der Waals surface area contributed by atoms with Crippen molar-refractivity contribution in [3.63, 3.8) is 0 Å². The van der Waals surface area contributed by atoms with Crippen LogP contribution in [0.15, 0.2) is 101 Å². The highest BCUT2D eigenvalue weighted by molar-refractivity contribution is 8.21. The van der Waals surface area contributed by atoms with Gasteiger partial charge in [0.25, 0.3) is 0 Å². The fourth-order valence-corrected chi connectivity index (χ4v) is 4.84. The second-order valence-electron chi connectivity index (χ2n) is 6.06. The van der Waals surface area contributed by atoms with Gasteiger partial charge in [0.05, 0.1) is 9.81 Å². The van der Waals surface area contributed by atoms with E-state index < -0.39 is 0 Å². The fourth-order valence-electron chi connectivity index (χ4n) is 2.58. The molecular formula is C24H20O2S2. The van der Waals surface area contributed by atoms with Crippen LogP contribution in [-0.4, -0.2) is 12.1 Å². The molecule has 0 heterocycles. The van der Waals surface area contributed by atoms with E-state index in [1.54, 1.807) is 35.7 Å². The van der Waals surface area contributed by atoms with E-state index in [4.69, 9.17) is 0 Å². The van der Waals surface area contributed by atoms with Crippen LogP contribution in [0, 0.1) is 0 Å². The average molecular weight is 405 g/mol. The van der Waals surface area contributed by atoms with Crippen LogP contribution in [0.5, 0.6) is 0 Å². The molecule has 0 saturated carbocycles. The minimum absolute atomic E-state index is 0.230. The minimum Gasteiger partial charge on any atom is -0.298 e. The third-order valence-electron chi connectivity index (χ3n) is 4.04. The Morgan fingerprint density at radius 2 is 1.11 bits per heavy atom. The number of rotatable bonds is 9. The molecule has 140 valence electrons. The van der Waals surface area contributed by atoms with Gasteiger partial charge < -0.3 is 0 Å². The molecule has 0 atom stereocenters. The molecule has 0 spiro atoms. The van der Waals surface area contributed by atoms with Gasteiger partial charge in [0.15, 0.2) is 12.1 Å². The summed E-state index contributed by atoms with van der Waals surface area (Å²) in [5.74, 6) is 1.18. The highest BCUT2D eigenvalue weighted by Gasteiger charge is 2.18. The first-order chi connectivity index (χ1) is 13.8. The van der Waals surface area contributed by atoms with Crippen molar-refractivity contribution in [3.05, 3.63) is 117 Å². The SMILES string of the molecule is O=CC(C(=O)c1ccccc1)=C(SCc1ccccc1)SCc1ccccc1. The molecule has 2 nitrogen and oxygen atoms in total. The zero-order chi connectivity index (χ0) is 19.6. The van der Waals surface area contributed by atoms with Gasteiger partial charge in [-0.25, -0.2) is 0 Å². The van der Waals surface area contributed by atoms with Gasteiger partial charge in [0.2, 0.25) is 0 Å². The highest BCUT2D eigenvalue weighted by Crippen LogP contribution is 2.36. The Kier molecular flexibility index (Phi) is 7.71. The van der Waals surface area contributed by atoms with Crippen molar-refractivity contribution in [2.24, 2.45) is 0 Å². The summed E-state index contributed by atoms with van der Waals surface area (Å²) < 4.78 is 0.761. The maximum Gasteiger partial charge on any atom is 0.197 e. The first-order valence-electron chi connectivity index (χ1n) is 8.90. The molecule has 28 heavy (non-hydrogen) atoms. The highest BCUT2D eigenvalue weighted by atomic mass is 32.2. The molecule has 0 saturated heterocycles. The Bertz CT molecular complexity index is 891. The zero-order valence-corrected chi connectivity index (χ0v) is 16.9. The Labute approximate surface area is 174 Å². The van der Waals surface area contributed by atoms with Crippen LogP contribution < -0.4 is 0 Å². The van der Waals surface area contributed by atoms with Gasteiger partial charge in [0, 0.05) is 17.1 Å². The van der Waals surface area contributed by atoms with Crippen molar-refractivity contribution >= 4 is 35.6 Å².